The van der Waals surface area contributed by atoms with Gasteiger partial charge in [-0.25, -0.2) is 4.79 Å². The van der Waals surface area contributed by atoms with Crippen molar-refractivity contribution in [3.05, 3.63) is 0 Å². The van der Waals surface area contributed by atoms with Crippen LogP contribution in [0.2, 0.25) is 0 Å². The predicted molar refractivity (Wildman–Crippen MR) is 126 cm³/mol. The zero-order valence-corrected chi connectivity index (χ0v) is 22.9. The van der Waals surface area contributed by atoms with Gasteiger partial charge in [0.25, 0.3) is 3.79 Å². The van der Waals surface area contributed by atoms with E-state index < -0.39 is 82.3 Å². The average Bonchev–Trinajstić information content (AvgIpc) is 2.69. The van der Waals surface area contributed by atoms with Gasteiger partial charge >= 0.3 is 24.0 Å². The number of carbonyl (C=O) groups is 4. The van der Waals surface area contributed by atoms with Gasteiger partial charge in [0.2, 0.25) is 16.0 Å². The second kappa shape index (κ2) is 15.9. The number of hydrogen-bond donors (Lipinski definition) is 2. The highest BCUT2D eigenvalue weighted by Crippen LogP contribution is 2.29. The molecule has 0 radical (unpaired) electrons. The zero-order valence-electron chi connectivity index (χ0n) is 18.4. The maximum atomic E-state index is 12.2. The molecular formula is C17H22Cl6N2O10. The van der Waals surface area contributed by atoms with E-state index in [2.05, 4.69) is 5.32 Å². The molecule has 0 aromatic carbocycles. The molecule has 0 aliphatic carbocycles. The Morgan fingerprint density at radius 1 is 0.800 bits per heavy atom. The molecule has 0 fully saturated rings. The number of alkyl halides is 6. The molecule has 1 unspecified atom stereocenters. The predicted octanol–water partition coefficient (Wildman–Crippen LogP) is 3.22. The van der Waals surface area contributed by atoms with Crippen molar-refractivity contribution in [3.8, 4) is 0 Å². The highest BCUT2D eigenvalue weighted by Gasteiger charge is 2.37. The standard InChI is InChI=1S/C17H22Cl6N2O10/c1-8(26)30-4-11(5-31-9(2)27)34-13(35-14(24)17(21,22)23)12(6-32-10(3)28)25-15(29)33-7-16(18,19)20/h11-13,24H,4-7H2,1-3H3,(H,25,29)/t12-,13?/m0/s1. The Hall–Kier alpha value is -1.15. The van der Waals surface area contributed by atoms with E-state index in [0.29, 0.717) is 0 Å². The fraction of sp³-hybridized carbons (Fsp3) is 0.706. The first-order chi connectivity index (χ1) is 15.9. The van der Waals surface area contributed by atoms with Crippen LogP contribution in [-0.4, -0.2) is 82.3 Å². The van der Waals surface area contributed by atoms with E-state index in [4.69, 9.17) is 103 Å². The Balaban J connectivity index is 5.93. The van der Waals surface area contributed by atoms with E-state index in [1.54, 1.807) is 0 Å². The lowest BCUT2D eigenvalue weighted by Gasteiger charge is -2.31. The number of alkyl carbamates (subject to hydrolysis) is 1. The van der Waals surface area contributed by atoms with E-state index in [1.165, 1.54) is 0 Å². The van der Waals surface area contributed by atoms with Crippen molar-refractivity contribution in [3.63, 3.8) is 0 Å². The van der Waals surface area contributed by atoms with Gasteiger partial charge in [-0.3, -0.25) is 19.8 Å². The second-order valence-electron chi connectivity index (χ2n) is 6.42. The van der Waals surface area contributed by atoms with Crippen molar-refractivity contribution in [1.82, 2.24) is 5.32 Å². The number of hydrogen-bond acceptors (Lipinski definition) is 11. The van der Waals surface area contributed by atoms with E-state index in [0.717, 1.165) is 20.8 Å². The normalized spacial score (nSPS) is 13.3. The summed E-state index contributed by atoms with van der Waals surface area (Å²) in [6.45, 7) is 1.11. The Kier molecular flexibility index (Phi) is 15.3. The van der Waals surface area contributed by atoms with Crippen LogP contribution in [-0.2, 0) is 42.8 Å². The molecule has 0 aliphatic rings. The molecular weight excluding hydrogens is 605 g/mol. The minimum absolute atomic E-state index is 0.457. The average molecular weight is 627 g/mol. The smallest absolute Gasteiger partial charge is 0.407 e. The van der Waals surface area contributed by atoms with Gasteiger partial charge in [0.15, 0.2) is 0 Å². The molecule has 18 heteroatoms. The minimum atomic E-state index is -2.37. The van der Waals surface area contributed by atoms with Crippen LogP contribution < -0.4 is 5.32 Å². The fourth-order valence-electron chi connectivity index (χ4n) is 1.86. The van der Waals surface area contributed by atoms with Crippen LogP contribution >= 0.6 is 69.6 Å². The van der Waals surface area contributed by atoms with Crippen molar-refractivity contribution >= 4 is 99.5 Å². The summed E-state index contributed by atoms with van der Waals surface area (Å²) >= 11 is 33.6. The summed E-state index contributed by atoms with van der Waals surface area (Å²) in [6, 6.07) is -1.44. The van der Waals surface area contributed by atoms with Crippen molar-refractivity contribution in [1.29, 1.82) is 5.41 Å². The molecule has 0 saturated heterocycles. The van der Waals surface area contributed by atoms with Crippen molar-refractivity contribution in [2.45, 2.75) is 46.8 Å². The molecule has 0 spiro atoms. The molecule has 2 N–H and O–H groups in total. The number of esters is 3. The summed E-state index contributed by atoms with van der Waals surface area (Å²) in [5, 5.41) is 10.1. The molecule has 0 rings (SSSR count). The second-order valence-corrected chi connectivity index (χ2v) is 11.2. The summed E-state index contributed by atoms with van der Waals surface area (Å²) < 4.78 is 25.9. The van der Waals surface area contributed by atoms with Gasteiger partial charge in [0.05, 0.1) is 0 Å². The lowest BCUT2D eigenvalue weighted by molar-refractivity contribution is -0.187. The summed E-state index contributed by atoms with van der Waals surface area (Å²) in [5.74, 6) is -3.12. The number of ether oxygens (including phenoxy) is 6. The van der Waals surface area contributed by atoms with Crippen LogP contribution in [0, 0.1) is 5.41 Å². The first-order valence-electron chi connectivity index (χ1n) is 9.28. The van der Waals surface area contributed by atoms with Gasteiger partial charge < -0.3 is 33.7 Å². The Labute approximate surface area is 230 Å². The summed E-state index contributed by atoms with van der Waals surface area (Å²) in [5.41, 5.74) is 0. The lowest BCUT2D eigenvalue weighted by Crippen LogP contribution is -2.52. The van der Waals surface area contributed by atoms with Gasteiger partial charge in [-0.15, -0.1) is 0 Å². The number of nitrogens with one attached hydrogen (secondary N) is 2. The molecule has 35 heavy (non-hydrogen) atoms. The topological polar surface area (TPSA) is 160 Å². The van der Waals surface area contributed by atoms with Crippen LogP contribution in [0.25, 0.3) is 0 Å². The molecule has 0 aromatic rings. The van der Waals surface area contributed by atoms with E-state index in [9.17, 15) is 19.2 Å². The van der Waals surface area contributed by atoms with Crippen molar-refractivity contribution < 1.29 is 47.6 Å². The Bertz CT molecular complexity index is 741. The SMILES string of the molecule is CC(=O)OCC(COC(C)=O)OC(OC(=N)C(Cl)(Cl)Cl)[C@H](COC(C)=O)NC(=O)OCC(Cl)(Cl)Cl. The van der Waals surface area contributed by atoms with Crippen molar-refractivity contribution in [2.75, 3.05) is 26.4 Å². The van der Waals surface area contributed by atoms with Crippen LogP contribution in [0.3, 0.4) is 0 Å². The maximum Gasteiger partial charge on any atom is 0.407 e. The lowest BCUT2D eigenvalue weighted by atomic mass is 10.3. The Morgan fingerprint density at radius 2 is 1.26 bits per heavy atom. The van der Waals surface area contributed by atoms with Crippen LogP contribution in [0.1, 0.15) is 20.8 Å². The van der Waals surface area contributed by atoms with Crippen LogP contribution in [0.5, 0.6) is 0 Å². The third kappa shape index (κ3) is 17.9. The van der Waals surface area contributed by atoms with Gasteiger partial charge in [-0.1, -0.05) is 69.6 Å². The van der Waals surface area contributed by atoms with Gasteiger partial charge in [0, 0.05) is 20.8 Å². The zero-order chi connectivity index (χ0) is 27.4. The highest BCUT2D eigenvalue weighted by atomic mass is 35.6. The quantitative estimate of drug-likeness (QED) is 0.0822. The number of amides is 1. The largest absolute Gasteiger partial charge is 0.463 e. The molecule has 0 saturated carbocycles. The molecule has 0 heterocycles. The molecule has 2 atom stereocenters. The molecule has 0 aromatic heterocycles. The van der Waals surface area contributed by atoms with Gasteiger partial charge in [-0.2, -0.15) is 0 Å². The molecule has 0 aliphatic heterocycles. The van der Waals surface area contributed by atoms with Crippen molar-refractivity contribution in [2.24, 2.45) is 0 Å². The van der Waals surface area contributed by atoms with Crippen LogP contribution in [0.15, 0.2) is 0 Å². The molecule has 12 nitrogen and oxygen atoms in total. The number of halogens is 6. The van der Waals surface area contributed by atoms with E-state index in [1.807, 2.05) is 0 Å². The summed E-state index contributed by atoms with van der Waals surface area (Å²) in [4.78, 5) is 46.0. The minimum Gasteiger partial charge on any atom is -0.463 e. The Morgan fingerprint density at radius 3 is 1.66 bits per heavy atom. The third-order valence-electron chi connectivity index (χ3n) is 3.23. The third-order valence-corrected chi connectivity index (χ3v) is 4.07. The summed E-state index contributed by atoms with van der Waals surface area (Å²) in [6.07, 6.45) is -4.15. The number of rotatable bonds is 12. The fourth-order valence-corrected chi connectivity index (χ4v) is 2.16. The molecule has 202 valence electrons. The summed E-state index contributed by atoms with van der Waals surface area (Å²) in [7, 11) is 0. The van der Waals surface area contributed by atoms with Gasteiger partial charge in [0.1, 0.15) is 38.6 Å². The first-order valence-corrected chi connectivity index (χ1v) is 11.6. The highest BCUT2D eigenvalue weighted by molar-refractivity contribution is 6.76. The monoisotopic (exact) mass is 624 g/mol. The van der Waals surface area contributed by atoms with E-state index >= 15 is 0 Å². The molecule has 0 bridgehead atoms. The van der Waals surface area contributed by atoms with Crippen LogP contribution in [0.4, 0.5) is 4.79 Å². The molecule has 1 amide bonds. The van der Waals surface area contributed by atoms with E-state index in [-0.39, 0.29) is 0 Å². The maximum absolute atomic E-state index is 12.2. The first kappa shape index (κ1) is 33.8. The van der Waals surface area contributed by atoms with Gasteiger partial charge in [-0.05, 0) is 0 Å². The number of carbonyl (C=O) groups excluding carboxylic acids is 4.